The molecule has 0 spiro atoms. The van der Waals surface area contributed by atoms with Crippen LogP contribution in [0.4, 0.5) is 0 Å². The van der Waals surface area contributed by atoms with Gasteiger partial charge in [-0.05, 0) is 30.5 Å². The van der Waals surface area contributed by atoms with Gasteiger partial charge in [0.05, 0.1) is 23.2 Å². The Bertz CT molecular complexity index is 1070. The molecule has 0 aliphatic rings. The van der Waals surface area contributed by atoms with Crippen molar-refractivity contribution in [2.75, 3.05) is 7.11 Å². The first-order chi connectivity index (χ1) is 13.2. The van der Waals surface area contributed by atoms with Crippen LogP contribution in [0.1, 0.15) is 11.3 Å². The summed E-state index contributed by atoms with van der Waals surface area (Å²) in [7, 11) is 1.58. The van der Waals surface area contributed by atoms with E-state index in [0.717, 1.165) is 39.5 Å². The number of hydrogen-bond donors (Lipinski definition) is 0. The van der Waals surface area contributed by atoms with Crippen LogP contribution in [0.3, 0.4) is 0 Å². The van der Waals surface area contributed by atoms with Crippen LogP contribution >= 0.6 is 22.9 Å². The van der Waals surface area contributed by atoms with E-state index in [1.807, 2.05) is 35.7 Å². The van der Waals surface area contributed by atoms with E-state index in [0.29, 0.717) is 11.8 Å². The van der Waals surface area contributed by atoms with Crippen molar-refractivity contribution >= 4 is 33.2 Å². The highest BCUT2D eigenvalue weighted by Gasteiger charge is 2.10. The van der Waals surface area contributed by atoms with Gasteiger partial charge in [0.1, 0.15) is 16.9 Å². The van der Waals surface area contributed by atoms with Gasteiger partial charge in [-0.1, -0.05) is 29.8 Å². The SMILES string of the molecule is COc1cccc(Oc2ccc(CCc3ncnc4scc(Cl)c34)cc2)n1. The molecule has 0 N–H and O–H groups in total. The molecule has 0 aliphatic carbocycles. The topological polar surface area (TPSA) is 57.1 Å². The van der Waals surface area contributed by atoms with Crippen LogP contribution in [0.2, 0.25) is 5.02 Å². The minimum Gasteiger partial charge on any atom is -0.481 e. The molecule has 3 heterocycles. The van der Waals surface area contributed by atoms with Crippen LogP contribution < -0.4 is 9.47 Å². The third-order valence-electron chi connectivity index (χ3n) is 4.11. The van der Waals surface area contributed by atoms with Gasteiger partial charge in [0.25, 0.3) is 0 Å². The Hall–Kier alpha value is -2.70. The largest absolute Gasteiger partial charge is 0.481 e. The van der Waals surface area contributed by atoms with Crippen LogP contribution in [-0.4, -0.2) is 22.1 Å². The highest BCUT2D eigenvalue weighted by atomic mass is 35.5. The molecule has 0 amide bonds. The van der Waals surface area contributed by atoms with E-state index in [2.05, 4.69) is 15.0 Å². The molecule has 4 aromatic rings. The lowest BCUT2D eigenvalue weighted by Gasteiger charge is -2.07. The molecule has 0 saturated carbocycles. The molecule has 27 heavy (non-hydrogen) atoms. The first-order valence-corrected chi connectivity index (χ1v) is 9.63. The van der Waals surface area contributed by atoms with Gasteiger partial charge in [0.2, 0.25) is 11.8 Å². The Morgan fingerprint density at radius 2 is 1.81 bits per heavy atom. The minimum atomic E-state index is 0.498. The molecule has 0 unspecified atom stereocenters. The molecule has 4 rings (SSSR count). The molecular weight excluding hydrogens is 382 g/mol. The van der Waals surface area contributed by atoms with Gasteiger partial charge in [-0.3, -0.25) is 0 Å². The lowest BCUT2D eigenvalue weighted by molar-refractivity contribution is 0.383. The van der Waals surface area contributed by atoms with Crippen LogP contribution in [0.15, 0.2) is 54.2 Å². The summed E-state index contributed by atoms with van der Waals surface area (Å²) in [6.07, 6.45) is 3.26. The maximum absolute atomic E-state index is 6.28. The molecule has 7 heteroatoms. The summed E-state index contributed by atoms with van der Waals surface area (Å²) in [5.74, 6) is 1.75. The van der Waals surface area contributed by atoms with Crippen molar-refractivity contribution < 1.29 is 9.47 Å². The maximum atomic E-state index is 6.28. The summed E-state index contributed by atoms with van der Waals surface area (Å²) in [5.41, 5.74) is 2.17. The van der Waals surface area contributed by atoms with Gasteiger partial charge in [0.15, 0.2) is 0 Å². The number of halogens is 1. The molecule has 0 aliphatic heterocycles. The molecule has 0 atom stereocenters. The summed E-state index contributed by atoms with van der Waals surface area (Å²) in [4.78, 5) is 13.9. The van der Waals surface area contributed by atoms with Gasteiger partial charge in [0, 0.05) is 17.5 Å². The van der Waals surface area contributed by atoms with E-state index in [1.165, 1.54) is 5.56 Å². The van der Waals surface area contributed by atoms with Crippen molar-refractivity contribution in [1.82, 2.24) is 15.0 Å². The summed E-state index contributed by atoms with van der Waals surface area (Å²) in [6.45, 7) is 0. The average Bonchev–Trinajstić information content (AvgIpc) is 3.09. The second-order valence-corrected chi connectivity index (χ2v) is 7.11. The number of ether oxygens (including phenoxy) is 2. The summed E-state index contributed by atoms with van der Waals surface area (Å²) in [5, 5.41) is 3.59. The molecule has 5 nitrogen and oxygen atoms in total. The normalized spacial score (nSPS) is 10.9. The molecule has 0 radical (unpaired) electrons. The van der Waals surface area contributed by atoms with E-state index in [1.54, 1.807) is 36.9 Å². The van der Waals surface area contributed by atoms with Gasteiger partial charge >= 0.3 is 0 Å². The average molecular weight is 398 g/mol. The quantitative estimate of drug-likeness (QED) is 0.440. The van der Waals surface area contributed by atoms with Crippen molar-refractivity contribution in [3.63, 3.8) is 0 Å². The van der Waals surface area contributed by atoms with E-state index >= 15 is 0 Å². The molecule has 136 valence electrons. The lowest BCUT2D eigenvalue weighted by Crippen LogP contribution is -1.96. The van der Waals surface area contributed by atoms with Crippen molar-refractivity contribution in [3.8, 4) is 17.5 Å². The van der Waals surface area contributed by atoms with E-state index in [4.69, 9.17) is 21.1 Å². The first-order valence-electron chi connectivity index (χ1n) is 8.37. The Balaban J connectivity index is 1.44. The molecule has 3 aromatic heterocycles. The van der Waals surface area contributed by atoms with Gasteiger partial charge in [-0.2, -0.15) is 4.98 Å². The maximum Gasteiger partial charge on any atom is 0.222 e. The van der Waals surface area contributed by atoms with Crippen molar-refractivity contribution in [2.45, 2.75) is 12.8 Å². The fraction of sp³-hybridized carbons (Fsp3) is 0.150. The predicted octanol–water partition coefficient (Wildman–Crippen LogP) is 5.33. The Morgan fingerprint density at radius 1 is 1.00 bits per heavy atom. The Labute approximate surface area is 165 Å². The van der Waals surface area contributed by atoms with Gasteiger partial charge < -0.3 is 9.47 Å². The molecule has 0 bridgehead atoms. The Kier molecular flexibility index (Phi) is 5.18. The number of fused-ring (bicyclic) bond motifs is 1. The standard InChI is InChI=1S/C20H16ClN3O2S/c1-25-17-3-2-4-18(24-17)26-14-8-5-13(6-9-14)7-10-16-19-15(21)11-27-20(19)23-12-22-16/h2-6,8-9,11-12H,7,10H2,1H3. The number of thiophene rings is 1. The van der Waals surface area contributed by atoms with Crippen molar-refractivity contribution in [1.29, 1.82) is 0 Å². The zero-order chi connectivity index (χ0) is 18.6. The number of benzene rings is 1. The molecule has 1 aromatic carbocycles. The van der Waals surface area contributed by atoms with Crippen LogP contribution in [0.5, 0.6) is 17.5 Å². The number of pyridine rings is 1. The first kappa shape index (κ1) is 17.7. The van der Waals surface area contributed by atoms with Gasteiger partial charge in [-0.25, -0.2) is 9.97 Å². The second kappa shape index (κ2) is 7.90. The van der Waals surface area contributed by atoms with E-state index in [9.17, 15) is 0 Å². The van der Waals surface area contributed by atoms with Gasteiger partial charge in [-0.15, -0.1) is 11.3 Å². The summed E-state index contributed by atoms with van der Waals surface area (Å²) in [6, 6.07) is 13.4. The minimum absolute atomic E-state index is 0.498. The number of aromatic nitrogens is 3. The zero-order valence-corrected chi connectivity index (χ0v) is 16.1. The summed E-state index contributed by atoms with van der Waals surface area (Å²) < 4.78 is 10.9. The predicted molar refractivity (Wildman–Crippen MR) is 107 cm³/mol. The lowest BCUT2D eigenvalue weighted by atomic mass is 10.1. The monoisotopic (exact) mass is 397 g/mol. The zero-order valence-electron chi connectivity index (χ0n) is 14.6. The van der Waals surface area contributed by atoms with Crippen LogP contribution in [0, 0.1) is 0 Å². The fourth-order valence-electron chi connectivity index (χ4n) is 2.76. The number of hydrogen-bond acceptors (Lipinski definition) is 6. The smallest absolute Gasteiger partial charge is 0.222 e. The number of rotatable bonds is 6. The molecule has 0 fully saturated rings. The third kappa shape index (κ3) is 4.02. The summed E-state index contributed by atoms with van der Waals surface area (Å²) >= 11 is 7.82. The Morgan fingerprint density at radius 3 is 2.63 bits per heavy atom. The third-order valence-corrected chi connectivity index (χ3v) is 5.42. The fourth-order valence-corrected chi connectivity index (χ4v) is 3.94. The van der Waals surface area contributed by atoms with E-state index < -0.39 is 0 Å². The number of methoxy groups -OCH3 is 1. The number of nitrogens with zero attached hydrogens (tertiary/aromatic N) is 3. The van der Waals surface area contributed by atoms with Crippen LogP contribution in [0.25, 0.3) is 10.2 Å². The van der Waals surface area contributed by atoms with Crippen molar-refractivity contribution in [3.05, 3.63) is 70.5 Å². The highest BCUT2D eigenvalue weighted by Crippen LogP contribution is 2.30. The van der Waals surface area contributed by atoms with E-state index in [-0.39, 0.29) is 0 Å². The number of aryl methyl sites for hydroxylation is 2. The highest BCUT2D eigenvalue weighted by molar-refractivity contribution is 7.17. The molecule has 0 saturated heterocycles. The second-order valence-electron chi connectivity index (χ2n) is 5.85. The van der Waals surface area contributed by atoms with Crippen LogP contribution in [-0.2, 0) is 12.8 Å². The van der Waals surface area contributed by atoms with Crippen molar-refractivity contribution in [2.24, 2.45) is 0 Å². The molecular formula is C20H16ClN3O2S.